The number of amides is 1. The molecule has 5 heteroatoms. The van der Waals surface area contributed by atoms with Gasteiger partial charge in [-0.1, -0.05) is 31.4 Å². The van der Waals surface area contributed by atoms with Gasteiger partial charge in [-0.05, 0) is 48.9 Å². The van der Waals surface area contributed by atoms with Crippen LogP contribution < -0.4 is 11.1 Å². The van der Waals surface area contributed by atoms with Crippen molar-refractivity contribution in [3.63, 3.8) is 0 Å². The summed E-state index contributed by atoms with van der Waals surface area (Å²) in [5.74, 6) is -0.247. The van der Waals surface area contributed by atoms with Gasteiger partial charge in [0.05, 0.1) is 12.7 Å². The second kappa shape index (κ2) is 8.83. The molecule has 0 aliphatic heterocycles. The molecule has 132 valence electrons. The normalized spacial score (nSPS) is 16.4. The standard InChI is InChI=1S/C19H28N2O3/c1-24-18(23)16-7-5-15(6-8-16)9-12-21-17(22)13-19(14-20)10-3-2-4-11-19/h5-8H,2-4,9-14,20H2,1H3,(H,21,22). The van der Waals surface area contributed by atoms with Gasteiger partial charge in [0.1, 0.15) is 0 Å². The molecule has 0 radical (unpaired) electrons. The van der Waals surface area contributed by atoms with E-state index in [-0.39, 0.29) is 17.3 Å². The Balaban J connectivity index is 1.77. The van der Waals surface area contributed by atoms with Crippen molar-refractivity contribution in [3.8, 4) is 0 Å². The number of ether oxygens (including phenoxy) is 1. The molecule has 1 aromatic rings. The van der Waals surface area contributed by atoms with Crippen molar-refractivity contribution in [1.82, 2.24) is 5.32 Å². The van der Waals surface area contributed by atoms with Crippen LogP contribution in [-0.2, 0) is 16.0 Å². The van der Waals surface area contributed by atoms with E-state index in [1.165, 1.54) is 26.4 Å². The van der Waals surface area contributed by atoms with Gasteiger partial charge in [0.15, 0.2) is 0 Å². The lowest BCUT2D eigenvalue weighted by Crippen LogP contribution is -2.39. The highest BCUT2D eigenvalue weighted by Gasteiger charge is 2.32. The molecule has 1 aromatic carbocycles. The molecule has 0 spiro atoms. The average Bonchev–Trinajstić information content (AvgIpc) is 2.62. The van der Waals surface area contributed by atoms with E-state index in [4.69, 9.17) is 5.73 Å². The molecule has 0 heterocycles. The molecule has 3 N–H and O–H groups in total. The highest BCUT2D eigenvalue weighted by atomic mass is 16.5. The predicted octanol–water partition coefficient (Wildman–Crippen LogP) is 2.43. The van der Waals surface area contributed by atoms with Crippen LogP contribution in [0, 0.1) is 5.41 Å². The van der Waals surface area contributed by atoms with Crippen LogP contribution in [0.15, 0.2) is 24.3 Å². The van der Waals surface area contributed by atoms with E-state index in [1.807, 2.05) is 12.1 Å². The first-order valence-corrected chi connectivity index (χ1v) is 8.73. The Hall–Kier alpha value is -1.88. The Morgan fingerprint density at radius 3 is 2.42 bits per heavy atom. The van der Waals surface area contributed by atoms with Gasteiger partial charge in [-0.25, -0.2) is 4.79 Å². The van der Waals surface area contributed by atoms with Gasteiger partial charge in [-0.15, -0.1) is 0 Å². The minimum atomic E-state index is -0.339. The van der Waals surface area contributed by atoms with Gasteiger partial charge in [0.2, 0.25) is 5.91 Å². The third-order valence-electron chi connectivity index (χ3n) is 4.99. The molecular formula is C19H28N2O3. The Morgan fingerprint density at radius 1 is 1.17 bits per heavy atom. The zero-order chi connectivity index (χ0) is 17.4. The second-order valence-corrected chi connectivity index (χ2v) is 6.73. The summed E-state index contributed by atoms with van der Waals surface area (Å²) in [6, 6.07) is 7.27. The van der Waals surface area contributed by atoms with Crippen LogP contribution in [0.4, 0.5) is 0 Å². The van der Waals surface area contributed by atoms with Crippen molar-refractivity contribution in [2.24, 2.45) is 11.1 Å². The van der Waals surface area contributed by atoms with Gasteiger partial charge < -0.3 is 15.8 Å². The van der Waals surface area contributed by atoms with Crippen LogP contribution in [0.3, 0.4) is 0 Å². The lowest BCUT2D eigenvalue weighted by atomic mass is 9.71. The largest absolute Gasteiger partial charge is 0.465 e. The maximum atomic E-state index is 12.2. The third-order valence-corrected chi connectivity index (χ3v) is 4.99. The monoisotopic (exact) mass is 332 g/mol. The van der Waals surface area contributed by atoms with Crippen LogP contribution in [0.1, 0.15) is 54.4 Å². The second-order valence-electron chi connectivity index (χ2n) is 6.73. The number of carbonyl (C=O) groups excluding carboxylic acids is 2. The first-order chi connectivity index (χ1) is 11.6. The van der Waals surface area contributed by atoms with Crippen LogP contribution in [0.5, 0.6) is 0 Å². The van der Waals surface area contributed by atoms with Crippen LogP contribution in [0.25, 0.3) is 0 Å². The Morgan fingerprint density at radius 2 is 1.83 bits per heavy atom. The maximum absolute atomic E-state index is 12.2. The molecule has 1 aliphatic rings. The Kier molecular flexibility index (Phi) is 6.79. The third kappa shape index (κ3) is 5.06. The fraction of sp³-hybridized carbons (Fsp3) is 0.579. The number of nitrogens with one attached hydrogen (secondary N) is 1. The molecular weight excluding hydrogens is 304 g/mol. The molecule has 0 atom stereocenters. The number of hydrogen-bond donors (Lipinski definition) is 2. The highest BCUT2D eigenvalue weighted by molar-refractivity contribution is 5.89. The number of esters is 1. The molecule has 1 saturated carbocycles. The zero-order valence-corrected chi connectivity index (χ0v) is 14.5. The minimum Gasteiger partial charge on any atom is -0.465 e. The lowest BCUT2D eigenvalue weighted by Gasteiger charge is -2.35. The molecule has 1 aliphatic carbocycles. The van der Waals surface area contributed by atoms with E-state index >= 15 is 0 Å². The number of carbonyl (C=O) groups is 2. The molecule has 0 bridgehead atoms. The van der Waals surface area contributed by atoms with Crippen molar-refractivity contribution in [3.05, 3.63) is 35.4 Å². The van der Waals surface area contributed by atoms with Crippen molar-refractivity contribution in [1.29, 1.82) is 0 Å². The maximum Gasteiger partial charge on any atom is 0.337 e. The fourth-order valence-corrected chi connectivity index (χ4v) is 3.43. The minimum absolute atomic E-state index is 0.00446. The molecule has 0 saturated heterocycles. The van der Waals surface area contributed by atoms with Crippen molar-refractivity contribution in [2.45, 2.75) is 44.9 Å². The number of nitrogens with two attached hydrogens (primary N) is 1. The first-order valence-electron chi connectivity index (χ1n) is 8.73. The molecule has 5 nitrogen and oxygen atoms in total. The van der Waals surface area contributed by atoms with Gasteiger partial charge in [0, 0.05) is 13.0 Å². The van der Waals surface area contributed by atoms with Gasteiger partial charge in [-0.3, -0.25) is 4.79 Å². The summed E-state index contributed by atoms with van der Waals surface area (Å²) >= 11 is 0. The van der Waals surface area contributed by atoms with Crippen LogP contribution >= 0.6 is 0 Å². The van der Waals surface area contributed by atoms with Crippen molar-refractivity contribution in [2.75, 3.05) is 20.2 Å². The molecule has 0 unspecified atom stereocenters. The van der Waals surface area contributed by atoms with Gasteiger partial charge in [0.25, 0.3) is 0 Å². The smallest absolute Gasteiger partial charge is 0.337 e. The summed E-state index contributed by atoms with van der Waals surface area (Å²) in [5.41, 5.74) is 7.56. The van der Waals surface area contributed by atoms with Crippen molar-refractivity contribution < 1.29 is 14.3 Å². The number of methoxy groups -OCH3 is 1. The molecule has 1 fully saturated rings. The van der Waals surface area contributed by atoms with Gasteiger partial charge in [-0.2, -0.15) is 0 Å². The summed E-state index contributed by atoms with van der Waals surface area (Å²) in [5, 5.41) is 3.00. The number of hydrogen-bond acceptors (Lipinski definition) is 4. The zero-order valence-electron chi connectivity index (χ0n) is 14.5. The van der Waals surface area contributed by atoms with Crippen LogP contribution in [-0.4, -0.2) is 32.1 Å². The van der Waals surface area contributed by atoms with E-state index < -0.39 is 0 Å². The van der Waals surface area contributed by atoms with Crippen molar-refractivity contribution >= 4 is 11.9 Å². The SMILES string of the molecule is COC(=O)c1ccc(CCNC(=O)CC2(CN)CCCCC2)cc1. The van der Waals surface area contributed by atoms with Crippen LogP contribution in [0.2, 0.25) is 0 Å². The van der Waals surface area contributed by atoms with E-state index in [0.717, 1.165) is 24.8 Å². The summed E-state index contributed by atoms with van der Waals surface area (Å²) in [6.07, 6.45) is 7.00. The summed E-state index contributed by atoms with van der Waals surface area (Å²) < 4.78 is 4.67. The predicted molar refractivity (Wildman–Crippen MR) is 93.7 cm³/mol. The summed E-state index contributed by atoms with van der Waals surface area (Å²) in [7, 11) is 1.37. The first kappa shape index (κ1) is 18.5. The molecule has 0 aromatic heterocycles. The Bertz CT molecular complexity index is 548. The van der Waals surface area contributed by atoms with E-state index in [2.05, 4.69) is 10.1 Å². The highest BCUT2D eigenvalue weighted by Crippen LogP contribution is 2.38. The number of rotatable bonds is 7. The topological polar surface area (TPSA) is 81.4 Å². The van der Waals surface area contributed by atoms with E-state index in [1.54, 1.807) is 12.1 Å². The molecule has 2 rings (SSSR count). The average molecular weight is 332 g/mol. The fourth-order valence-electron chi connectivity index (χ4n) is 3.43. The lowest BCUT2D eigenvalue weighted by molar-refractivity contribution is -0.123. The Labute approximate surface area is 143 Å². The quantitative estimate of drug-likeness (QED) is 0.751. The molecule has 24 heavy (non-hydrogen) atoms. The van der Waals surface area contributed by atoms with E-state index in [9.17, 15) is 9.59 Å². The summed E-state index contributed by atoms with van der Waals surface area (Å²) in [6.45, 7) is 1.19. The van der Waals surface area contributed by atoms with Gasteiger partial charge >= 0.3 is 5.97 Å². The van der Waals surface area contributed by atoms with E-state index in [0.29, 0.717) is 25.1 Å². The number of benzene rings is 1. The molecule has 1 amide bonds. The summed E-state index contributed by atoms with van der Waals surface area (Å²) in [4.78, 5) is 23.6.